The number of hydrogen-bond acceptors (Lipinski definition) is 2. The van der Waals surface area contributed by atoms with Gasteiger partial charge in [-0.1, -0.05) is 6.07 Å². The van der Waals surface area contributed by atoms with E-state index in [2.05, 4.69) is 4.98 Å². The van der Waals surface area contributed by atoms with Gasteiger partial charge in [-0.3, -0.25) is 0 Å². The van der Waals surface area contributed by atoms with Gasteiger partial charge in [-0.05, 0) is 17.7 Å². The molecule has 0 aliphatic heterocycles. The fourth-order valence-electron chi connectivity index (χ4n) is 0.940. The lowest BCUT2D eigenvalue weighted by Crippen LogP contribution is -1.73. The predicted molar refractivity (Wildman–Crippen MR) is 48.9 cm³/mol. The second-order valence-electron chi connectivity index (χ2n) is 2.19. The molecule has 55 valence electrons. The number of rotatable bonds is 1. The molecule has 0 saturated heterocycles. The monoisotopic (exact) mass is 182 g/mol. The van der Waals surface area contributed by atoms with Crippen LogP contribution in [0.15, 0.2) is 23.7 Å². The third kappa shape index (κ3) is 1.24. The van der Waals surface area contributed by atoms with Crippen molar-refractivity contribution in [1.29, 1.82) is 0 Å². The molecule has 0 aliphatic carbocycles. The molecule has 2 rings (SSSR count). The number of hydrogen-bond donors (Lipinski definition) is 0. The molecule has 0 saturated carbocycles. The van der Waals surface area contributed by atoms with Crippen molar-refractivity contribution in [2.75, 3.05) is 0 Å². The predicted octanol–water partition coefficient (Wildman–Crippen LogP) is 3.04. The molecule has 0 aliphatic rings. The zero-order chi connectivity index (χ0) is 7.68. The van der Waals surface area contributed by atoms with Crippen LogP contribution in [-0.2, 0) is 0 Å². The fraction of sp³-hybridized carbons (Fsp3) is 0. The maximum absolute atomic E-state index is 5.55. The van der Waals surface area contributed by atoms with Gasteiger partial charge in [-0.2, -0.15) is 0 Å². The Morgan fingerprint density at radius 3 is 3.18 bits per heavy atom. The molecule has 11 heavy (non-hydrogen) atoms. The van der Waals surface area contributed by atoms with Gasteiger partial charge in [-0.15, -0.1) is 22.9 Å². The first-order valence-corrected chi connectivity index (χ1v) is 4.48. The smallest absolute Gasteiger partial charge is 0.0812 e. The molecule has 0 spiro atoms. The summed E-state index contributed by atoms with van der Waals surface area (Å²) in [6.45, 7) is 0. The third-order valence-electron chi connectivity index (χ3n) is 1.48. The van der Waals surface area contributed by atoms with Gasteiger partial charge in [0, 0.05) is 0 Å². The Kier molecular flexibility index (Phi) is 1.80. The summed E-state index contributed by atoms with van der Waals surface area (Å²) < 4.78 is 1.18. The first-order valence-electron chi connectivity index (χ1n) is 3.17. The zero-order valence-corrected chi connectivity index (χ0v) is 7.19. The van der Waals surface area contributed by atoms with Gasteiger partial charge in [-0.25, -0.2) is 4.98 Å². The summed E-state index contributed by atoms with van der Waals surface area (Å²) in [5.74, 6) is 1.57. The van der Waals surface area contributed by atoms with E-state index in [4.69, 9.17) is 11.6 Å². The highest BCUT2D eigenvalue weighted by atomic mass is 35.5. The highest BCUT2D eigenvalue weighted by Crippen LogP contribution is 2.20. The lowest BCUT2D eigenvalue weighted by atomic mass is 10.2. The van der Waals surface area contributed by atoms with Gasteiger partial charge in [0.05, 0.1) is 21.6 Å². The molecule has 1 heterocycles. The number of thiazole rings is 1. The number of fused-ring (bicyclic) bond motifs is 1. The van der Waals surface area contributed by atoms with E-state index in [-0.39, 0.29) is 0 Å². The molecular formula is C8H5ClNS. The zero-order valence-electron chi connectivity index (χ0n) is 5.62. The molecule has 1 aromatic heterocycles. The van der Waals surface area contributed by atoms with Gasteiger partial charge in [0.2, 0.25) is 0 Å². The van der Waals surface area contributed by atoms with Gasteiger partial charge in [0.25, 0.3) is 0 Å². The lowest BCUT2D eigenvalue weighted by Gasteiger charge is -1.91. The average Bonchev–Trinajstić information content (AvgIpc) is 2.50. The first-order chi connectivity index (χ1) is 5.40. The Morgan fingerprint density at radius 1 is 1.45 bits per heavy atom. The van der Waals surface area contributed by atoms with Crippen LogP contribution in [0.25, 0.3) is 10.2 Å². The summed E-state index contributed by atoms with van der Waals surface area (Å²) in [5, 5.41) is 0. The Bertz CT molecular complexity index is 369. The summed E-state index contributed by atoms with van der Waals surface area (Å²) in [6.07, 6.45) is 0. The van der Waals surface area contributed by atoms with E-state index in [0.717, 1.165) is 11.1 Å². The van der Waals surface area contributed by atoms with Crippen LogP contribution < -0.4 is 0 Å². The quantitative estimate of drug-likeness (QED) is 0.661. The van der Waals surface area contributed by atoms with Crippen LogP contribution in [0, 0.1) is 5.88 Å². The molecule has 2 aromatic rings. The largest absolute Gasteiger partial charge is 0.245 e. The van der Waals surface area contributed by atoms with Crippen LogP contribution in [0.1, 0.15) is 5.56 Å². The SMILES string of the molecule is Cl[CH]c1ccc2ncsc2c1. The van der Waals surface area contributed by atoms with Crippen molar-refractivity contribution in [2.45, 2.75) is 0 Å². The first kappa shape index (κ1) is 7.07. The van der Waals surface area contributed by atoms with Gasteiger partial charge >= 0.3 is 0 Å². The summed E-state index contributed by atoms with van der Waals surface area (Å²) in [5.41, 5.74) is 3.91. The van der Waals surface area contributed by atoms with Gasteiger partial charge < -0.3 is 0 Å². The number of nitrogens with zero attached hydrogens (tertiary/aromatic N) is 1. The van der Waals surface area contributed by atoms with Crippen molar-refractivity contribution < 1.29 is 0 Å². The normalized spacial score (nSPS) is 10.6. The van der Waals surface area contributed by atoms with Crippen LogP contribution in [0.4, 0.5) is 0 Å². The van der Waals surface area contributed by atoms with Crippen LogP contribution >= 0.6 is 22.9 Å². The average molecular weight is 183 g/mol. The van der Waals surface area contributed by atoms with Crippen LogP contribution in [0.5, 0.6) is 0 Å². The molecule has 0 amide bonds. The molecule has 0 unspecified atom stereocenters. The minimum absolute atomic E-state index is 1.03. The molecule has 3 heteroatoms. The van der Waals surface area contributed by atoms with Gasteiger partial charge in [0.15, 0.2) is 0 Å². The van der Waals surface area contributed by atoms with E-state index >= 15 is 0 Å². The van der Waals surface area contributed by atoms with E-state index in [1.807, 2.05) is 23.7 Å². The van der Waals surface area contributed by atoms with Crippen LogP contribution in [0.3, 0.4) is 0 Å². The van der Waals surface area contributed by atoms with Crippen molar-refractivity contribution in [3.63, 3.8) is 0 Å². The van der Waals surface area contributed by atoms with Gasteiger partial charge in [0.1, 0.15) is 0 Å². The summed E-state index contributed by atoms with van der Waals surface area (Å²) >= 11 is 7.18. The molecular weight excluding hydrogens is 178 g/mol. The number of halogens is 1. The maximum atomic E-state index is 5.55. The highest BCUT2D eigenvalue weighted by molar-refractivity contribution is 7.16. The second-order valence-corrected chi connectivity index (χ2v) is 3.29. The summed E-state index contributed by atoms with van der Waals surface area (Å²) in [7, 11) is 0. The van der Waals surface area contributed by atoms with Crippen molar-refractivity contribution in [1.82, 2.24) is 4.98 Å². The summed E-state index contributed by atoms with van der Waals surface area (Å²) in [6, 6.07) is 5.95. The molecule has 0 atom stereocenters. The molecule has 1 nitrogen and oxygen atoms in total. The van der Waals surface area contributed by atoms with Crippen LogP contribution in [0.2, 0.25) is 0 Å². The minimum atomic E-state index is 1.03. The topological polar surface area (TPSA) is 12.9 Å². The van der Waals surface area contributed by atoms with E-state index < -0.39 is 0 Å². The van der Waals surface area contributed by atoms with E-state index in [9.17, 15) is 0 Å². The maximum Gasteiger partial charge on any atom is 0.0812 e. The molecule has 1 radical (unpaired) electrons. The van der Waals surface area contributed by atoms with Crippen LogP contribution in [-0.4, -0.2) is 4.98 Å². The minimum Gasteiger partial charge on any atom is -0.245 e. The van der Waals surface area contributed by atoms with E-state index in [1.54, 1.807) is 17.2 Å². The Morgan fingerprint density at radius 2 is 2.36 bits per heavy atom. The van der Waals surface area contributed by atoms with Crippen molar-refractivity contribution in [3.05, 3.63) is 35.2 Å². The number of benzene rings is 1. The van der Waals surface area contributed by atoms with Crippen molar-refractivity contribution in [2.24, 2.45) is 0 Å². The number of aromatic nitrogens is 1. The standard InChI is InChI=1S/C8H5ClNS/c9-4-6-1-2-7-8(3-6)11-5-10-7/h1-5H. The second kappa shape index (κ2) is 2.80. The van der Waals surface area contributed by atoms with E-state index in [0.29, 0.717) is 0 Å². The van der Waals surface area contributed by atoms with E-state index in [1.165, 1.54) is 4.70 Å². The Balaban J connectivity index is 2.67. The lowest BCUT2D eigenvalue weighted by molar-refractivity contribution is 1.49. The summed E-state index contributed by atoms with van der Waals surface area (Å²) in [4.78, 5) is 4.16. The molecule has 0 bridgehead atoms. The highest BCUT2D eigenvalue weighted by Gasteiger charge is 1.96. The Labute approximate surface area is 73.6 Å². The molecule has 1 aromatic carbocycles. The fourth-order valence-corrected chi connectivity index (χ4v) is 1.80. The third-order valence-corrected chi connectivity index (χ3v) is 2.53. The molecule has 0 N–H and O–H groups in total. The Hall–Kier alpha value is -0.600. The van der Waals surface area contributed by atoms with Crippen molar-refractivity contribution in [3.8, 4) is 0 Å². The molecule has 0 fully saturated rings. The van der Waals surface area contributed by atoms with Crippen molar-refractivity contribution >= 4 is 33.2 Å².